The van der Waals surface area contributed by atoms with Crippen molar-refractivity contribution >= 4 is 22.6 Å². The number of hydrogen-bond acceptors (Lipinski definition) is 2. The third-order valence-electron chi connectivity index (χ3n) is 3.34. The van der Waals surface area contributed by atoms with Gasteiger partial charge in [-0.15, -0.1) is 0 Å². The van der Waals surface area contributed by atoms with Crippen LogP contribution >= 0.6 is 0 Å². The number of carbonyl (C=O) groups excluding carboxylic acids is 1. The number of ketones is 1. The number of pyridine rings is 1. The van der Waals surface area contributed by atoms with Gasteiger partial charge >= 0.3 is 0 Å². The third kappa shape index (κ3) is 3.42. The van der Waals surface area contributed by atoms with Gasteiger partial charge in [0.2, 0.25) is 0 Å². The molecule has 2 nitrogen and oxygen atoms in total. The van der Waals surface area contributed by atoms with E-state index < -0.39 is 0 Å². The van der Waals surface area contributed by atoms with Crippen LogP contribution in [0.2, 0.25) is 0 Å². The lowest BCUT2D eigenvalue weighted by atomic mass is 10.0. The quantitative estimate of drug-likeness (QED) is 0.671. The number of hydrogen-bond donors (Lipinski definition) is 0. The summed E-state index contributed by atoms with van der Waals surface area (Å²) in [6, 6.07) is 17.8. The normalized spacial score (nSPS) is 11.0. The maximum atomic E-state index is 12.0. The Morgan fingerprint density at radius 1 is 1.00 bits per heavy atom. The van der Waals surface area contributed by atoms with Crippen molar-refractivity contribution in [3.8, 4) is 0 Å². The molecule has 1 heterocycles. The van der Waals surface area contributed by atoms with E-state index in [1.54, 1.807) is 12.3 Å². The highest BCUT2D eigenvalue weighted by atomic mass is 16.1. The number of aromatic nitrogens is 1. The van der Waals surface area contributed by atoms with E-state index in [4.69, 9.17) is 0 Å². The van der Waals surface area contributed by atoms with Crippen LogP contribution in [0, 0.1) is 0 Å². The Morgan fingerprint density at radius 3 is 2.71 bits per heavy atom. The molecule has 102 valence electrons. The van der Waals surface area contributed by atoms with Gasteiger partial charge in [-0.25, -0.2) is 0 Å². The predicted molar refractivity (Wildman–Crippen MR) is 85.9 cm³/mol. The van der Waals surface area contributed by atoms with Crippen molar-refractivity contribution in [3.63, 3.8) is 0 Å². The Bertz CT molecular complexity index is 791. The van der Waals surface area contributed by atoms with Crippen molar-refractivity contribution in [1.82, 2.24) is 4.98 Å². The molecule has 3 aromatic rings. The molecule has 0 bridgehead atoms. The summed E-state index contributed by atoms with van der Waals surface area (Å²) in [7, 11) is 0. The standard InChI is InChI=1S/C19H15NO/c21-19(9-7-15-4-2-1-3-5-15)13-16-6-8-18-14-20-11-10-17(18)12-16/h1-12,14H,13H2/b9-7+. The van der Waals surface area contributed by atoms with Crippen LogP contribution in [-0.4, -0.2) is 10.8 Å². The fraction of sp³-hybridized carbons (Fsp3) is 0.0526. The Labute approximate surface area is 123 Å². The molecule has 0 aliphatic rings. The second kappa shape index (κ2) is 6.14. The van der Waals surface area contributed by atoms with Crippen molar-refractivity contribution in [2.75, 3.05) is 0 Å². The molecule has 2 aromatic carbocycles. The monoisotopic (exact) mass is 273 g/mol. The zero-order chi connectivity index (χ0) is 14.5. The van der Waals surface area contributed by atoms with Gasteiger partial charge in [-0.1, -0.05) is 54.6 Å². The lowest BCUT2D eigenvalue weighted by Gasteiger charge is -2.01. The lowest BCUT2D eigenvalue weighted by Crippen LogP contribution is -1.98. The Morgan fingerprint density at radius 2 is 1.86 bits per heavy atom. The van der Waals surface area contributed by atoms with Gasteiger partial charge < -0.3 is 0 Å². The molecule has 0 spiro atoms. The van der Waals surface area contributed by atoms with Crippen LogP contribution in [0.15, 0.2) is 73.1 Å². The molecule has 1 aromatic heterocycles. The molecule has 0 N–H and O–H groups in total. The molecule has 0 unspecified atom stereocenters. The van der Waals surface area contributed by atoms with Crippen LogP contribution in [0.5, 0.6) is 0 Å². The number of benzene rings is 2. The molecule has 0 aliphatic carbocycles. The summed E-state index contributed by atoms with van der Waals surface area (Å²) in [6.45, 7) is 0. The minimum Gasteiger partial charge on any atom is -0.294 e. The first-order chi connectivity index (χ1) is 10.3. The van der Waals surface area contributed by atoms with E-state index in [1.165, 1.54) is 0 Å². The summed E-state index contributed by atoms with van der Waals surface area (Å²) in [5, 5.41) is 2.20. The summed E-state index contributed by atoms with van der Waals surface area (Å²) < 4.78 is 0. The maximum absolute atomic E-state index is 12.0. The average molecular weight is 273 g/mol. The van der Waals surface area contributed by atoms with Crippen LogP contribution in [-0.2, 0) is 11.2 Å². The van der Waals surface area contributed by atoms with E-state index in [0.29, 0.717) is 6.42 Å². The van der Waals surface area contributed by atoms with E-state index in [2.05, 4.69) is 4.98 Å². The fourth-order valence-electron chi connectivity index (χ4n) is 2.26. The van der Waals surface area contributed by atoms with Crippen molar-refractivity contribution < 1.29 is 4.79 Å². The van der Waals surface area contributed by atoms with Crippen LogP contribution in [0.3, 0.4) is 0 Å². The Balaban J connectivity index is 1.73. The molecule has 0 fully saturated rings. The second-order valence-electron chi connectivity index (χ2n) is 4.94. The highest BCUT2D eigenvalue weighted by Crippen LogP contribution is 2.15. The topological polar surface area (TPSA) is 30.0 Å². The van der Waals surface area contributed by atoms with Crippen molar-refractivity contribution in [3.05, 3.63) is 84.2 Å². The molecule has 0 atom stereocenters. The summed E-state index contributed by atoms with van der Waals surface area (Å²) in [5.41, 5.74) is 2.06. The first-order valence-electron chi connectivity index (χ1n) is 6.90. The van der Waals surface area contributed by atoms with E-state index in [-0.39, 0.29) is 5.78 Å². The number of carbonyl (C=O) groups is 1. The SMILES string of the molecule is O=C(/C=C/c1ccccc1)Cc1ccc2cnccc2c1. The van der Waals surface area contributed by atoms with Gasteiger partial charge in [0, 0.05) is 24.2 Å². The van der Waals surface area contributed by atoms with Gasteiger partial charge in [0.1, 0.15) is 0 Å². The predicted octanol–water partition coefficient (Wildman–Crippen LogP) is 4.06. The molecule has 0 radical (unpaired) electrons. The minimum absolute atomic E-state index is 0.104. The van der Waals surface area contributed by atoms with Gasteiger partial charge in [0.15, 0.2) is 5.78 Å². The van der Waals surface area contributed by atoms with Crippen LogP contribution in [0.1, 0.15) is 11.1 Å². The summed E-state index contributed by atoms with van der Waals surface area (Å²) >= 11 is 0. The van der Waals surface area contributed by atoms with Crippen molar-refractivity contribution in [2.24, 2.45) is 0 Å². The molecule has 2 heteroatoms. The number of rotatable bonds is 4. The van der Waals surface area contributed by atoms with Crippen LogP contribution < -0.4 is 0 Å². The lowest BCUT2D eigenvalue weighted by molar-refractivity contribution is -0.113. The summed E-state index contributed by atoms with van der Waals surface area (Å²) in [6.07, 6.45) is 7.51. The first-order valence-corrected chi connectivity index (χ1v) is 6.90. The third-order valence-corrected chi connectivity index (χ3v) is 3.34. The summed E-state index contributed by atoms with van der Waals surface area (Å²) in [4.78, 5) is 16.1. The van der Waals surface area contributed by atoms with E-state index in [0.717, 1.165) is 21.9 Å². The minimum atomic E-state index is 0.104. The molecule has 0 amide bonds. The smallest absolute Gasteiger partial charge is 0.160 e. The molecular weight excluding hydrogens is 258 g/mol. The van der Waals surface area contributed by atoms with Crippen molar-refractivity contribution in [1.29, 1.82) is 0 Å². The number of fused-ring (bicyclic) bond motifs is 1. The molecule has 21 heavy (non-hydrogen) atoms. The Kier molecular flexibility index (Phi) is 3.88. The molecule has 0 saturated heterocycles. The van der Waals surface area contributed by atoms with Gasteiger partial charge in [-0.2, -0.15) is 0 Å². The molecule has 0 saturated carbocycles. The Hall–Kier alpha value is -2.74. The van der Waals surface area contributed by atoms with E-state index in [1.807, 2.05) is 66.9 Å². The summed E-state index contributed by atoms with van der Waals surface area (Å²) in [5.74, 6) is 0.104. The van der Waals surface area contributed by atoms with Crippen molar-refractivity contribution in [2.45, 2.75) is 6.42 Å². The zero-order valence-electron chi connectivity index (χ0n) is 11.6. The molecule has 3 rings (SSSR count). The largest absolute Gasteiger partial charge is 0.294 e. The highest BCUT2D eigenvalue weighted by molar-refractivity contribution is 5.95. The molecule has 0 aliphatic heterocycles. The zero-order valence-corrected chi connectivity index (χ0v) is 11.6. The first kappa shape index (κ1) is 13.3. The second-order valence-corrected chi connectivity index (χ2v) is 4.94. The van der Waals surface area contributed by atoms with Crippen LogP contribution in [0.4, 0.5) is 0 Å². The van der Waals surface area contributed by atoms with E-state index in [9.17, 15) is 4.79 Å². The highest BCUT2D eigenvalue weighted by Gasteiger charge is 2.01. The maximum Gasteiger partial charge on any atom is 0.160 e. The number of nitrogens with zero attached hydrogens (tertiary/aromatic N) is 1. The van der Waals surface area contributed by atoms with Gasteiger partial charge in [0.05, 0.1) is 0 Å². The fourth-order valence-corrected chi connectivity index (χ4v) is 2.26. The van der Waals surface area contributed by atoms with Gasteiger partial charge in [0.25, 0.3) is 0 Å². The van der Waals surface area contributed by atoms with Crippen LogP contribution in [0.25, 0.3) is 16.8 Å². The average Bonchev–Trinajstić information content (AvgIpc) is 2.54. The van der Waals surface area contributed by atoms with Gasteiger partial charge in [-0.3, -0.25) is 9.78 Å². The number of allylic oxidation sites excluding steroid dienone is 1. The van der Waals surface area contributed by atoms with E-state index >= 15 is 0 Å². The van der Waals surface area contributed by atoms with Gasteiger partial charge in [-0.05, 0) is 28.7 Å². The molecular formula is C19H15NO.